The summed E-state index contributed by atoms with van der Waals surface area (Å²) in [5.41, 5.74) is 3.54. The molecule has 0 bridgehead atoms. The van der Waals surface area contributed by atoms with Crippen molar-refractivity contribution in [3.8, 4) is 11.5 Å². The number of hydrogen-bond donors (Lipinski definition) is 2. The third kappa shape index (κ3) is 5.87. The van der Waals surface area contributed by atoms with Crippen molar-refractivity contribution >= 4 is 11.6 Å². The maximum absolute atomic E-state index is 5.78. The zero-order valence-electron chi connectivity index (χ0n) is 17.7. The van der Waals surface area contributed by atoms with E-state index in [9.17, 15) is 0 Å². The molecule has 0 fully saturated rings. The number of ether oxygens (including phenoxy) is 2. The van der Waals surface area contributed by atoms with Gasteiger partial charge in [-0.2, -0.15) is 0 Å². The monoisotopic (exact) mass is 396 g/mol. The SMILES string of the molecule is CCN(CC)Cc1ccccc1CNC(=NC)Nc1ccc2c(c1)OCCCO2. The van der Waals surface area contributed by atoms with Gasteiger partial charge in [0, 0.05) is 38.3 Å². The van der Waals surface area contributed by atoms with Crippen molar-refractivity contribution in [2.45, 2.75) is 33.4 Å². The van der Waals surface area contributed by atoms with Gasteiger partial charge >= 0.3 is 0 Å². The van der Waals surface area contributed by atoms with Crippen LogP contribution < -0.4 is 20.1 Å². The van der Waals surface area contributed by atoms with Crippen LogP contribution in [0.2, 0.25) is 0 Å². The Labute approximate surface area is 173 Å². The smallest absolute Gasteiger partial charge is 0.195 e. The average molecular weight is 397 g/mol. The molecule has 6 nitrogen and oxygen atoms in total. The zero-order valence-corrected chi connectivity index (χ0v) is 17.7. The number of rotatable bonds is 7. The van der Waals surface area contributed by atoms with E-state index in [1.165, 1.54) is 11.1 Å². The molecule has 6 heteroatoms. The number of anilines is 1. The van der Waals surface area contributed by atoms with Gasteiger partial charge in [-0.05, 0) is 36.3 Å². The number of fused-ring (bicyclic) bond motifs is 1. The molecular weight excluding hydrogens is 364 g/mol. The summed E-state index contributed by atoms with van der Waals surface area (Å²) >= 11 is 0. The minimum absolute atomic E-state index is 0.673. The Bertz CT molecular complexity index is 818. The maximum Gasteiger partial charge on any atom is 0.195 e. The van der Waals surface area contributed by atoms with E-state index in [2.05, 4.69) is 58.6 Å². The minimum atomic E-state index is 0.673. The lowest BCUT2D eigenvalue weighted by Crippen LogP contribution is -2.31. The van der Waals surface area contributed by atoms with Crippen LogP contribution in [0.4, 0.5) is 5.69 Å². The molecule has 156 valence electrons. The van der Waals surface area contributed by atoms with Gasteiger partial charge in [0.25, 0.3) is 0 Å². The summed E-state index contributed by atoms with van der Waals surface area (Å²) in [6.07, 6.45) is 0.896. The molecule has 2 aromatic rings. The fraction of sp³-hybridized carbons (Fsp3) is 0.435. The van der Waals surface area contributed by atoms with Crippen LogP contribution in [0.25, 0.3) is 0 Å². The van der Waals surface area contributed by atoms with Gasteiger partial charge in [-0.1, -0.05) is 38.1 Å². The average Bonchev–Trinajstić information content (AvgIpc) is 3.00. The summed E-state index contributed by atoms with van der Waals surface area (Å²) in [7, 11) is 1.78. The van der Waals surface area contributed by atoms with Crippen LogP contribution in [-0.2, 0) is 13.1 Å². The summed E-state index contributed by atoms with van der Waals surface area (Å²) in [6.45, 7) is 9.53. The number of nitrogens with zero attached hydrogens (tertiary/aromatic N) is 2. The van der Waals surface area contributed by atoms with Crippen molar-refractivity contribution in [3.63, 3.8) is 0 Å². The van der Waals surface area contributed by atoms with Gasteiger partial charge in [0.15, 0.2) is 17.5 Å². The van der Waals surface area contributed by atoms with Crippen molar-refractivity contribution in [1.82, 2.24) is 10.2 Å². The van der Waals surface area contributed by atoms with E-state index in [-0.39, 0.29) is 0 Å². The molecule has 0 spiro atoms. The molecule has 0 unspecified atom stereocenters. The van der Waals surface area contributed by atoms with Crippen LogP contribution in [0.15, 0.2) is 47.5 Å². The first-order chi connectivity index (χ1) is 14.2. The van der Waals surface area contributed by atoms with Crippen LogP contribution in [0.3, 0.4) is 0 Å². The van der Waals surface area contributed by atoms with Gasteiger partial charge in [-0.25, -0.2) is 0 Å². The molecule has 0 atom stereocenters. The second-order valence-corrected chi connectivity index (χ2v) is 6.99. The molecule has 1 heterocycles. The van der Waals surface area contributed by atoms with E-state index in [1.807, 2.05) is 18.2 Å². The number of benzene rings is 2. The Morgan fingerprint density at radius 3 is 2.45 bits per heavy atom. The predicted octanol–water partition coefficient (Wildman–Crippen LogP) is 3.88. The van der Waals surface area contributed by atoms with Crippen LogP contribution >= 0.6 is 0 Å². The summed E-state index contributed by atoms with van der Waals surface area (Å²) in [5.74, 6) is 2.28. The summed E-state index contributed by atoms with van der Waals surface area (Å²) in [4.78, 5) is 6.78. The van der Waals surface area contributed by atoms with E-state index < -0.39 is 0 Å². The lowest BCUT2D eigenvalue weighted by Gasteiger charge is -2.21. The topological polar surface area (TPSA) is 58.1 Å². The first kappa shape index (κ1) is 21.0. The van der Waals surface area contributed by atoms with Crippen LogP contribution in [-0.4, -0.2) is 44.2 Å². The Morgan fingerprint density at radius 1 is 1.00 bits per heavy atom. The van der Waals surface area contributed by atoms with Gasteiger partial charge in [-0.3, -0.25) is 9.89 Å². The quantitative estimate of drug-likeness (QED) is 0.549. The lowest BCUT2D eigenvalue weighted by atomic mass is 10.1. The normalized spacial score (nSPS) is 13.9. The Morgan fingerprint density at radius 2 is 1.72 bits per heavy atom. The van der Waals surface area contributed by atoms with E-state index >= 15 is 0 Å². The third-order valence-corrected chi connectivity index (χ3v) is 5.09. The van der Waals surface area contributed by atoms with Crippen LogP contribution in [0.1, 0.15) is 31.4 Å². The number of aliphatic imine (C=N–C) groups is 1. The Hall–Kier alpha value is -2.73. The molecular formula is C23H32N4O2. The summed E-state index contributed by atoms with van der Waals surface area (Å²) in [6, 6.07) is 14.4. The standard InChI is InChI=1S/C23H32N4O2/c1-4-27(5-2)17-19-10-7-6-9-18(19)16-25-23(24-3)26-20-11-12-21-22(15-20)29-14-8-13-28-21/h6-7,9-12,15H,4-5,8,13-14,16-17H2,1-3H3,(H2,24,25,26). The van der Waals surface area contributed by atoms with E-state index in [4.69, 9.17) is 9.47 Å². The Balaban J connectivity index is 1.64. The van der Waals surface area contributed by atoms with Crippen molar-refractivity contribution < 1.29 is 9.47 Å². The molecule has 0 amide bonds. The molecule has 0 radical (unpaired) electrons. The van der Waals surface area contributed by atoms with Gasteiger partial charge in [0.1, 0.15) is 0 Å². The van der Waals surface area contributed by atoms with Gasteiger partial charge in [0.2, 0.25) is 0 Å². The van der Waals surface area contributed by atoms with Crippen LogP contribution in [0.5, 0.6) is 11.5 Å². The van der Waals surface area contributed by atoms with E-state index in [1.54, 1.807) is 7.05 Å². The number of guanidine groups is 1. The lowest BCUT2D eigenvalue weighted by molar-refractivity contribution is 0.295. The predicted molar refractivity (Wildman–Crippen MR) is 119 cm³/mol. The van der Waals surface area contributed by atoms with Crippen molar-refractivity contribution in [3.05, 3.63) is 53.6 Å². The van der Waals surface area contributed by atoms with E-state index in [0.717, 1.165) is 49.2 Å². The second-order valence-electron chi connectivity index (χ2n) is 6.99. The maximum atomic E-state index is 5.78. The molecule has 29 heavy (non-hydrogen) atoms. The number of nitrogens with one attached hydrogen (secondary N) is 2. The molecule has 1 aliphatic rings. The fourth-order valence-corrected chi connectivity index (χ4v) is 3.31. The molecule has 0 saturated carbocycles. The highest BCUT2D eigenvalue weighted by Gasteiger charge is 2.12. The second kappa shape index (κ2) is 10.7. The molecule has 0 saturated heterocycles. The molecule has 2 N–H and O–H groups in total. The summed E-state index contributed by atoms with van der Waals surface area (Å²) in [5, 5.41) is 6.77. The highest BCUT2D eigenvalue weighted by Crippen LogP contribution is 2.32. The zero-order chi connectivity index (χ0) is 20.5. The first-order valence-electron chi connectivity index (χ1n) is 10.4. The molecule has 0 aromatic heterocycles. The first-order valence-corrected chi connectivity index (χ1v) is 10.4. The molecule has 3 rings (SSSR count). The van der Waals surface area contributed by atoms with Crippen molar-refractivity contribution in [2.75, 3.05) is 38.7 Å². The summed E-state index contributed by atoms with van der Waals surface area (Å²) < 4.78 is 11.5. The third-order valence-electron chi connectivity index (χ3n) is 5.09. The highest BCUT2D eigenvalue weighted by molar-refractivity contribution is 5.93. The minimum Gasteiger partial charge on any atom is -0.490 e. The molecule has 0 aliphatic carbocycles. The van der Waals surface area contributed by atoms with Gasteiger partial charge in [-0.15, -0.1) is 0 Å². The van der Waals surface area contributed by atoms with Gasteiger partial charge in [0.05, 0.1) is 13.2 Å². The van der Waals surface area contributed by atoms with Gasteiger partial charge < -0.3 is 20.1 Å². The largest absolute Gasteiger partial charge is 0.490 e. The fourth-order valence-electron chi connectivity index (χ4n) is 3.31. The Kier molecular flexibility index (Phi) is 7.76. The number of hydrogen-bond acceptors (Lipinski definition) is 4. The van der Waals surface area contributed by atoms with E-state index in [0.29, 0.717) is 19.8 Å². The van der Waals surface area contributed by atoms with Crippen molar-refractivity contribution in [2.24, 2.45) is 4.99 Å². The van der Waals surface area contributed by atoms with Crippen molar-refractivity contribution in [1.29, 1.82) is 0 Å². The highest BCUT2D eigenvalue weighted by atomic mass is 16.5. The molecule has 2 aromatic carbocycles. The van der Waals surface area contributed by atoms with Crippen LogP contribution in [0, 0.1) is 0 Å². The molecule has 1 aliphatic heterocycles.